The van der Waals surface area contributed by atoms with E-state index >= 15 is 0 Å². The first kappa shape index (κ1) is 16.1. The Balaban J connectivity index is 2.03. The van der Waals surface area contributed by atoms with E-state index < -0.39 is 20.7 Å². The summed E-state index contributed by atoms with van der Waals surface area (Å²) >= 11 is 1.14. The van der Waals surface area contributed by atoms with Crippen LogP contribution in [0.25, 0.3) is 10.2 Å². The van der Waals surface area contributed by atoms with E-state index in [1.807, 2.05) is 0 Å². The molecule has 0 fully saturated rings. The number of nitro groups is 1. The number of nitrogens with two attached hydrogens (primary N) is 1. The van der Waals surface area contributed by atoms with Crippen molar-refractivity contribution in [1.82, 2.24) is 4.98 Å². The van der Waals surface area contributed by atoms with E-state index in [9.17, 15) is 18.5 Å². The molecule has 1 heterocycles. The lowest BCUT2D eigenvalue weighted by atomic mass is 10.2. The van der Waals surface area contributed by atoms with Crippen LogP contribution in [0.15, 0.2) is 41.3 Å². The summed E-state index contributed by atoms with van der Waals surface area (Å²) in [5.74, 6) is -0.338. The third-order valence-electron chi connectivity index (χ3n) is 3.18. The molecule has 0 aliphatic carbocycles. The lowest BCUT2D eigenvalue weighted by Crippen LogP contribution is -2.10. The molecule has 24 heavy (non-hydrogen) atoms. The van der Waals surface area contributed by atoms with E-state index in [0.29, 0.717) is 20.9 Å². The van der Waals surface area contributed by atoms with Crippen molar-refractivity contribution in [3.8, 4) is 5.75 Å². The van der Waals surface area contributed by atoms with E-state index in [4.69, 9.17) is 9.92 Å². The summed E-state index contributed by atoms with van der Waals surface area (Å²) in [6, 6.07) is 8.23. The average molecular weight is 365 g/mol. The number of thiazole rings is 1. The summed E-state index contributed by atoms with van der Waals surface area (Å²) in [7, 11) is -4.23. The SMILES string of the molecule is Cc1ccc(OS(=O)(=O)c2ccc3nc(N)sc3c2)c([N+](=O)[O-])c1. The van der Waals surface area contributed by atoms with Crippen LogP contribution >= 0.6 is 11.3 Å². The predicted octanol–water partition coefficient (Wildman–Crippen LogP) is 2.86. The molecule has 0 aliphatic heterocycles. The Morgan fingerprint density at radius 3 is 2.71 bits per heavy atom. The summed E-state index contributed by atoms with van der Waals surface area (Å²) in [4.78, 5) is 14.3. The zero-order chi connectivity index (χ0) is 17.5. The van der Waals surface area contributed by atoms with Crippen LogP contribution in [0.4, 0.5) is 10.8 Å². The molecule has 2 N–H and O–H groups in total. The van der Waals surface area contributed by atoms with E-state index in [0.717, 1.165) is 11.3 Å². The van der Waals surface area contributed by atoms with Gasteiger partial charge in [0.1, 0.15) is 4.90 Å². The second-order valence-electron chi connectivity index (χ2n) is 4.95. The van der Waals surface area contributed by atoms with Crippen LogP contribution in [0, 0.1) is 17.0 Å². The fourth-order valence-electron chi connectivity index (χ4n) is 2.09. The Morgan fingerprint density at radius 1 is 1.25 bits per heavy atom. The van der Waals surface area contributed by atoms with Gasteiger partial charge in [-0.05, 0) is 36.8 Å². The van der Waals surface area contributed by atoms with Gasteiger partial charge in [-0.1, -0.05) is 17.4 Å². The Bertz CT molecular complexity index is 1060. The molecule has 2 aromatic carbocycles. The van der Waals surface area contributed by atoms with Crippen molar-refractivity contribution < 1.29 is 17.5 Å². The van der Waals surface area contributed by atoms with Gasteiger partial charge in [0, 0.05) is 6.07 Å². The fraction of sp³-hybridized carbons (Fsp3) is 0.0714. The molecule has 10 heteroatoms. The van der Waals surface area contributed by atoms with E-state index in [2.05, 4.69) is 4.98 Å². The summed E-state index contributed by atoms with van der Waals surface area (Å²) in [5, 5.41) is 11.4. The number of nitrogen functional groups attached to an aromatic ring is 1. The quantitative estimate of drug-likeness (QED) is 0.428. The van der Waals surface area contributed by atoms with E-state index in [1.54, 1.807) is 6.92 Å². The zero-order valence-electron chi connectivity index (χ0n) is 12.3. The molecule has 0 bridgehead atoms. The normalized spacial score (nSPS) is 11.5. The Hall–Kier alpha value is -2.72. The number of rotatable bonds is 4. The molecule has 0 amide bonds. The second-order valence-corrected chi connectivity index (χ2v) is 7.56. The first-order chi connectivity index (χ1) is 11.3. The summed E-state index contributed by atoms with van der Waals surface area (Å²) in [6.07, 6.45) is 0. The summed E-state index contributed by atoms with van der Waals surface area (Å²) < 4.78 is 30.4. The van der Waals surface area contributed by atoms with Crippen molar-refractivity contribution in [1.29, 1.82) is 0 Å². The standard InChI is InChI=1S/C14H11N3O5S2/c1-8-2-5-12(11(6-8)17(18)19)22-24(20,21)9-3-4-10-13(7-9)23-14(15)16-10/h2-7H,1H3,(H2,15,16). The maximum atomic E-state index is 12.4. The van der Waals surface area contributed by atoms with Crippen LogP contribution in [0.3, 0.4) is 0 Å². The van der Waals surface area contributed by atoms with Gasteiger partial charge in [0.25, 0.3) is 0 Å². The maximum absolute atomic E-state index is 12.4. The second kappa shape index (κ2) is 5.73. The van der Waals surface area contributed by atoms with E-state index in [1.165, 1.54) is 36.4 Å². The lowest BCUT2D eigenvalue weighted by Gasteiger charge is -2.08. The number of hydrogen-bond acceptors (Lipinski definition) is 8. The highest BCUT2D eigenvalue weighted by atomic mass is 32.2. The molecular formula is C14H11N3O5S2. The highest BCUT2D eigenvalue weighted by Crippen LogP contribution is 2.32. The van der Waals surface area contributed by atoms with Crippen molar-refractivity contribution in [2.75, 3.05) is 5.73 Å². The number of nitrogens with zero attached hydrogens (tertiary/aromatic N) is 2. The third kappa shape index (κ3) is 3.01. The minimum Gasteiger partial charge on any atom is -0.375 e. The van der Waals surface area contributed by atoms with Crippen LogP contribution < -0.4 is 9.92 Å². The van der Waals surface area contributed by atoms with Crippen LogP contribution in [-0.2, 0) is 10.1 Å². The van der Waals surface area contributed by atoms with Gasteiger partial charge >= 0.3 is 15.8 Å². The van der Waals surface area contributed by atoms with Crippen molar-refractivity contribution in [2.45, 2.75) is 11.8 Å². The van der Waals surface area contributed by atoms with Gasteiger partial charge in [0.2, 0.25) is 5.75 Å². The Kier molecular flexibility index (Phi) is 3.85. The number of hydrogen-bond donors (Lipinski definition) is 1. The molecule has 0 spiro atoms. The predicted molar refractivity (Wildman–Crippen MR) is 89.7 cm³/mol. The number of aryl methyl sites for hydroxylation is 1. The minimum absolute atomic E-state index is 0.131. The van der Waals surface area contributed by atoms with Gasteiger partial charge in [0.05, 0.1) is 15.1 Å². The van der Waals surface area contributed by atoms with Crippen molar-refractivity contribution >= 4 is 42.5 Å². The van der Waals surface area contributed by atoms with Crippen LogP contribution in [0.1, 0.15) is 5.56 Å². The number of anilines is 1. The molecule has 1 aromatic heterocycles. The fourth-order valence-corrected chi connectivity index (χ4v) is 3.90. The van der Waals surface area contributed by atoms with Crippen molar-refractivity contribution in [2.24, 2.45) is 0 Å². The molecule has 0 unspecified atom stereocenters. The molecule has 8 nitrogen and oxygen atoms in total. The van der Waals surface area contributed by atoms with Crippen molar-refractivity contribution in [3.05, 3.63) is 52.1 Å². The third-order valence-corrected chi connectivity index (χ3v) is 5.25. The average Bonchev–Trinajstić information content (AvgIpc) is 2.87. The van der Waals surface area contributed by atoms with Gasteiger partial charge < -0.3 is 9.92 Å². The number of nitro benzene ring substituents is 1. The summed E-state index contributed by atoms with van der Waals surface area (Å²) in [6.45, 7) is 1.66. The van der Waals surface area contributed by atoms with Gasteiger partial charge in [-0.15, -0.1) is 0 Å². The molecular weight excluding hydrogens is 354 g/mol. The Labute approximate surface area is 140 Å². The lowest BCUT2D eigenvalue weighted by molar-refractivity contribution is -0.385. The van der Waals surface area contributed by atoms with Crippen molar-refractivity contribution in [3.63, 3.8) is 0 Å². The largest absolute Gasteiger partial charge is 0.375 e. The van der Waals surface area contributed by atoms with Gasteiger partial charge in [-0.2, -0.15) is 8.42 Å². The monoisotopic (exact) mass is 365 g/mol. The highest BCUT2D eigenvalue weighted by Gasteiger charge is 2.24. The summed E-state index contributed by atoms with van der Waals surface area (Å²) in [5.41, 5.74) is 6.36. The first-order valence-corrected chi connectivity index (χ1v) is 8.84. The zero-order valence-corrected chi connectivity index (χ0v) is 13.9. The molecule has 0 atom stereocenters. The van der Waals surface area contributed by atoms with Gasteiger partial charge in [0.15, 0.2) is 5.13 Å². The molecule has 0 aliphatic rings. The minimum atomic E-state index is -4.23. The Morgan fingerprint density at radius 2 is 2.00 bits per heavy atom. The van der Waals surface area contributed by atoms with E-state index in [-0.39, 0.29) is 10.6 Å². The first-order valence-electron chi connectivity index (χ1n) is 6.62. The number of fused-ring (bicyclic) bond motifs is 1. The van der Waals surface area contributed by atoms with Crippen LogP contribution in [-0.4, -0.2) is 18.3 Å². The number of benzene rings is 2. The topological polar surface area (TPSA) is 125 Å². The number of aromatic nitrogens is 1. The highest BCUT2D eigenvalue weighted by molar-refractivity contribution is 7.87. The smallest absolute Gasteiger partial charge is 0.339 e. The molecule has 0 radical (unpaired) electrons. The van der Waals surface area contributed by atoms with Crippen LogP contribution in [0.2, 0.25) is 0 Å². The van der Waals surface area contributed by atoms with Gasteiger partial charge in [-0.3, -0.25) is 10.1 Å². The molecule has 3 aromatic rings. The molecule has 3 rings (SSSR count). The molecule has 124 valence electrons. The van der Waals surface area contributed by atoms with Gasteiger partial charge in [-0.25, -0.2) is 4.98 Å². The van der Waals surface area contributed by atoms with Crippen LogP contribution in [0.5, 0.6) is 5.75 Å². The molecule has 0 saturated heterocycles. The molecule has 0 saturated carbocycles. The maximum Gasteiger partial charge on any atom is 0.339 e.